The number of ether oxygens (including phenoxy) is 1. The Morgan fingerprint density at radius 2 is 1.74 bits per heavy atom. The van der Waals surface area contributed by atoms with Crippen LogP contribution >= 0.6 is 0 Å². The van der Waals surface area contributed by atoms with E-state index in [1.807, 2.05) is 57.4 Å². The van der Waals surface area contributed by atoms with Crippen LogP contribution in [0.2, 0.25) is 0 Å². The first-order valence-corrected chi connectivity index (χ1v) is 12.4. The normalized spacial score (nSPS) is 11.7. The fraction of sp³-hybridized carbons (Fsp3) is 0.233. The van der Waals surface area contributed by atoms with Crippen LogP contribution in [0.15, 0.2) is 71.7 Å². The average molecular weight is 513 g/mol. The number of hydrogen-bond donors (Lipinski definition) is 3. The number of aromatic nitrogens is 1. The van der Waals surface area contributed by atoms with Gasteiger partial charge in [-0.25, -0.2) is 9.79 Å². The molecule has 0 aliphatic carbocycles. The summed E-state index contributed by atoms with van der Waals surface area (Å²) in [6.07, 6.45) is 0.871. The lowest BCUT2D eigenvalue weighted by Crippen LogP contribution is -2.27. The van der Waals surface area contributed by atoms with Crippen molar-refractivity contribution in [3.8, 4) is 5.88 Å². The molecule has 3 aromatic carbocycles. The third-order valence-electron chi connectivity index (χ3n) is 6.25. The molecule has 8 heteroatoms. The smallest absolute Gasteiger partial charge is 0.338 e. The molecule has 0 saturated heterocycles. The van der Waals surface area contributed by atoms with Crippen molar-refractivity contribution in [1.29, 1.82) is 0 Å². The molecule has 0 aliphatic rings. The van der Waals surface area contributed by atoms with Crippen LogP contribution in [-0.2, 0) is 4.74 Å². The molecule has 8 nitrogen and oxygen atoms in total. The topological polar surface area (TPSA) is 107 Å². The number of benzene rings is 3. The van der Waals surface area contributed by atoms with Gasteiger partial charge in [0.25, 0.3) is 5.91 Å². The number of aromatic amines is 1. The summed E-state index contributed by atoms with van der Waals surface area (Å²) in [5, 5.41) is 14.6. The molecule has 4 aromatic rings. The summed E-state index contributed by atoms with van der Waals surface area (Å²) >= 11 is 0. The van der Waals surface area contributed by atoms with Crippen LogP contribution in [0.5, 0.6) is 5.88 Å². The van der Waals surface area contributed by atoms with Crippen LogP contribution in [-0.4, -0.2) is 66.9 Å². The number of carbonyl (C=O) groups is 2. The predicted octanol–water partition coefficient (Wildman–Crippen LogP) is 4.82. The number of amides is 1. The van der Waals surface area contributed by atoms with Crippen LogP contribution < -0.4 is 5.32 Å². The van der Waals surface area contributed by atoms with E-state index >= 15 is 0 Å². The lowest BCUT2D eigenvalue weighted by molar-refractivity contribution is 0.0600. The third kappa shape index (κ3) is 5.92. The zero-order valence-electron chi connectivity index (χ0n) is 22.0. The predicted molar refractivity (Wildman–Crippen MR) is 150 cm³/mol. The van der Waals surface area contributed by atoms with Crippen LogP contribution in [0.4, 0.5) is 5.69 Å². The van der Waals surface area contributed by atoms with Gasteiger partial charge in [0.1, 0.15) is 0 Å². The lowest BCUT2D eigenvalue weighted by Gasteiger charge is -2.10. The number of aliphatic imine (C=N–C) groups is 1. The fourth-order valence-electron chi connectivity index (χ4n) is 4.28. The molecule has 0 saturated carbocycles. The highest BCUT2D eigenvalue weighted by Crippen LogP contribution is 2.33. The molecule has 196 valence electrons. The Morgan fingerprint density at radius 1 is 1.03 bits per heavy atom. The highest BCUT2D eigenvalue weighted by atomic mass is 16.5. The Hall–Kier alpha value is -4.43. The monoisotopic (exact) mass is 512 g/mol. The second kappa shape index (κ2) is 11.7. The van der Waals surface area contributed by atoms with Gasteiger partial charge in [-0.2, -0.15) is 0 Å². The molecule has 0 spiro atoms. The quantitative estimate of drug-likeness (QED) is 0.169. The highest BCUT2D eigenvalue weighted by molar-refractivity contribution is 6.22. The summed E-state index contributed by atoms with van der Waals surface area (Å²) < 4.78 is 4.89. The van der Waals surface area contributed by atoms with E-state index in [4.69, 9.17) is 9.73 Å². The van der Waals surface area contributed by atoms with Crippen LogP contribution in [0.25, 0.3) is 10.9 Å². The molecule has 3 N–H and O–H groups in total. The first-order chi connectivity index (χ1) is 18.3. The lowest BCUT2D eigenvalue weighted by atomic mass is 9.98. The van der Waals surface area contributed by atoms with Crippen LogP contribution in [0, 0.1) is 6.92 Å². The molecule has 0 fully saturated rings. The van der Waals surface area contributed by atoms with E-state index in [1.54, 1.807) is 30.3 Å². The Balaban J connectivity index is 1.71. The van der Waals surface area contributed by atoms with E-state index in [0.29, 0.717) is 40.2 Å². The minimum Gasteiger partial charge on any atom is -0.494 e. The number of H-pyrrole nitrogens is 1. The minimum absolute atomic E-state index is 0.0576. The highest BCUT2D eigenvalue weighted by Gasteiger charge is 2.21. The average Bonchev–Trinajstić information content (AvgIpc) is 3.23. The number of nitrogens with zero attached hydrogens (tertiary/aromatic N) is 2. The molecular weight excluding hydrogens is 480 g/mol. The molecule has 0 aliphatic heterocycles. The molecule has 38 heavy (non-hydrogen) atoms. The van der Waals surface area contributed by atoms with Crippen molar-refractivity contribution in [3.63, 3.8) is 0 Å². The third-order valence-corrected chi connectivity index (χ3v) is 6.25. The number of esters is 1. The summed E-state index contributed by atoms with van der Waals surface area (Å²) in [7, 11) is 5.34. The van der Waals surface area contributed by atoms with Gasteiger partial charge in [0, 0.05) is 28.6 Å². The van der Waals surface area contributed by atoms with Crippen LogP contribution in [0.1, 0.15) is 43.8 Å². The van der Waals surface area contributed by atoms with Crippen molar-refractivity contribution in [2.45, 2.75) is 13.3 Å². The van der Waals surface area contributed by atoms with Gasteiger partial charge in [0.2, 0.25) is 0 Å². The van der Waals surface area contributed by atoms with Gasteiger partial charge in [-0.15, -0.1) is 0 Å². The van der Waals surface area contributed by atoms with Gasteiger partial charge in [-0.05, 0) is 75.9 Å². The maximum Gasteiger partial charge on any atom is 0.338 e. The fourth-order valence-corrected chi connectivity index (χ4v) is 4.28. The minimum atomic E-state index is -0.446. The van der Waals surface area contributed by atoms with E-state index in [-0.39, 0.29) is 11.8 Å². The van der Waals surface area contributed by atoms with Gasteiger partial charge in [-0.1, -0.05) is 30.3 Å². The SMILES string of the molecule is COC(=O)c1cc2[nH]c(O)c(C(=Nc3ccc(C(=O)NCCCN(C)C)cc3)c3ccccc3)c2cc1C. The molecule has 1 heterocycles. The maximum atomic E-state index is 12.5. The Bertz CT molecular complexity index is 1470. The summed E-state index contributed by atoms with van der Waals surface area (Å²) in [6, 6.07) is 20.1. The first kappa shape index (κ1) is 26.6. The van der Waals surface area contributed by atoms with Gasteiger partial charge >= 0.3 is 5.97 Å². The molecule has 0 unspecified atom stereocenters. The zero-order valence-corrected chi connectivity index (χ0v) is 22.0. The number of fused-ring (bicyclic) bond motifs is 1. The van der Waals surface area contributed by atoms with Gasteiger partial charge in [-0.3, -0.25) is 4.79 Å². The Labute approximate surface area is 222 Å². The number of hydrogen-bond acceptors (Lipinski definition) is 6. The van der Waals surface area contributed by atoms with Crippen molar-refractivity contribution in [2.24, 2.45) is 4.99 Å². The van der Waals surface area contributed by atoms with E-state index in [1.165, 1.54) is 7.11 Å². The second-order valence-corrected chi connectivity index (χ2v) is 9.34. The maximum absolute atomic E-state index is 12.5. The number of nitrogens with one attached hydrogen (secondary N) is 2. The Morgan fingerprint density at radius 3 is 2.39 bits per heavy atom. The van der Waals surface area contributed by atoms with Gasteiger partial charge in [0.15, 0.2) is 5.88 Å². The summed E-state index contributed by atoms with van der Waals surface area (Å²) in [4.78, 5) is 34.7. The van der Waals surface area contributed by atoms with E-state index in [0.717, 1.165) is 29.5 Å². The van der Waals surface area contributed by atoms with Gasteiger partial charge < -0.3 is 25.0 Å². The van der Waals surface area contributed by atoms with Crippen molar-refractivity contribution in [1.82, 2.24) is 15.2 Å². The Kier molecular flexibility index (Phi) is 8.23. The van der Waals surface area contributed by atoms with Crippen molar-refractivity contribution in [2.75, 3.05) is 34.3 Å². The molecule has 0 radical (unpaired) electrons. The van der Waals surface area contributed by atoms with Gasteiger partial charge in [0.05, 0.1) is 29.6 Å². The number of carbonyl (C=O) groups excluding carboxylic acids is 2. The largest absolute Gasteiger partial charge is 0.494 e. The van der Waals surface area contributed by atoms with Crippen molar-refractivity contribution >= 4 is 34.2 Å². The van der Waals surface area contributed by atoms with E-state index in [9.17, 15) is 14.7 Å². The van der Waals surface area contributed by atoms with Crippen LogP contribution in [0.3, 0.4) is 0 Å². The number of rotatable bonds is 9. The first-order valence-electron chi connectivity index (χ1n) is 12.4. The number of aryl methyl sites for hydroxylation is 1. The van der Waals surface area contributed by atoms with E-state index < -0.39 is 5.97 Å². The number of methoxy groups -OCH3 is 1. The molecular formula is C30H32N4O4. The zero-order chi connectivity index (χ0) is 27.2. The summed E-state index contributed by atoms with van der Waals surface area (Å²) in [5.74, 6) is -0.634. The summed E-state index contributed by atoms with van der Waals surface area (Å²) in [5.41, 5.74) is 4.79. The second-order valence-electron chi connectivity index (χ2n) is 9.34. The molecule has 1 amide bonds. The summed E-state index contributed by atoms with van der Waals surface area (Å²) in [6.45, 7) is 3.33. The molecule has 1 aromatic heterocycles. The van der Waals surface area contributed by atoms with Crippen molar-refractivity contribution in [3.05, 3.63) is 94.5 Å². The number of aromatic hydroxyl groups is 1. The van der Waals surface area contributed by atoms with Crippen molar-refractivity contribution < 1.29 is 19.4 Å². The molecule has 0 bridgehead atoms. The molecule has 4 rings (SSSR count). The molecule has 0 atom stereocenters. The van der Waals surface area contributed by atoms with E-state index in [2.05, 4.69) is 15.2 Å². The standard InChI is InChI=1S/C30H32N4O4/c1-19-17-24-25(18-23(19)30(37)38-4)33-29(36)26(24)27(20-9-6-5-7-10-20)32-22-13-11-21(12-14-22)28(35)31-15-8-16-34(2)3/h5-7,9-14,17-18,33,36H,8,15-16H2,1-4H3,(H,31,35).